The summed E-state index contributed by atoms with van der Waals surface area (Å²) in [6.45, 7) is 0.335. The summed E-state index contributed by atoms with van der Waals surface area (Å²) in [5.41, 5.74) is 0.963. The van der Waals surface area contributed by atoms with Crippen LogP contribution in [-0.4, -0.2) is 4.92 Å². The molecule has 0 fully saturated rings. The van der Waals surface area contributed by atoms with E-state index >= 15 is 0 Å². The van der Waals surface area contributed by atoms with Crippen LogP contribution in [-0.2, 0) is 6.61 Å². The maximum Gasteiger partial charge on any atom is 0.287 e. The van der Waals surface area contributed by atoms with E-state index in [9.17, 15) is 10.1 Å². The predicted octanol–water partition coefficient (Wildman–Crippen LogP) is 4.70. The van der Waals surface area contributed by atoms with Gasteiger partial charge in [-0.25, -0.2) is 0 Å². The molecule has 2 aromatic carbocycles. The number of rotatable bonds is 4. The Morgan fingerprint density at radius 2 is 1.84 bits per heavy atom. The number of nitro groups is 1. The van der Waals surface area contributed by atoms with Crippen LogP contribution in [0.1, 0.15) is 5.56 Å². The molecule has 0 saturated carbocycles. The maximum absolute atomic E-state index is 10.8. The van der Waals surface area contributed by atoms with Gasteiger partial charge >= 0.3 is 0 Å². The van der Waals surface area contributed by atoms with Crippen molar-refractivity contribution in [1.29, 1.82) is 0 Å². The van der Waals surface area contributed by atoms with Gasteiger partial charge in [-0.05, 0) is 28.1 Å². The molecule has 0 aliphatic rings. The second-order valence-corrected chi connectivity index (χ2v) is 5.37. The Labute approximate surface area is 126 Å². The lowest BCUT2D eigenvalue weighted by molar-refractivity contribution is -0.385. The van der Waals surface area contributed by atoms with Gasteiger partial charge in [-0.3, -0.25) is 10.1 Å². The molecule has 0 aromatic heterocycles. The first kappa shape index (κ1) is 14.0. The van der Waals surface area contributed by atoms with Crippen LogP contribution in [0.25, 0.3) is 0 Å². The van der Waals surface area contributed by atoms with E-state index in [1.54, 1.807) is 12.1 Å². The molecule has 0 spiro atoms. The van der Waals surface area contributed by atoms with E-state index in [-0.39, 0.29) is 5.69 Å². The largest absolute Gasteiger partial charge is 0.487 e. The van der Waals surface area contributed by atoms with E-state index in [4.69, 9.17) is 4.74 Å². The van der Waals surface area contributed by atoms with Gasteiger partial charge in [0.1, 0.15) is 16.8 Å². The van der Waals surface area contributed by atoms with Crippen LogP contribution in [0.3, 0.4) is 0 Å². The number of nitro benzene ring substituents is 1. The SMILES string of the molecule is O=[N+]([O-])c1cccc(OCc2ccccc2Br)c1Br. The Hall–Kier alpha value is -1.40. The lowest BCUT2D eigenvalue weighted by Crippen LogP contribution is -1.98. The van der Waals surface area contributed by atoms with Gasteiger partial charge in [-0.1, -0.05) is 40.2 Å². The van der Waals surface area contributed by atoms with Crippen molar-refractivity contribution in [3.8, 4) is 5.75 Å². The molecule has 0 aliphatic carbocycles. The number of ether oxygens (including phenoxy) is 1. The van der Waals surface area contributed by atoms with E-state index in [2.05, 4.69) is 31.9 Å². The van der Waals surface area contributed by atoms with Crippen LogP contribution < -0.4 is 4.74 Å². The summed E-state index contributed by atoms with van der Waals surface area (Å²) in [5, 5.41) is 10.8. The predicted molar refractivity (Wildman–Crippen MR) is 79.3 cm³/mol. The Morgan fingerprint density at radius 3 is 2.53 bits per heavy atom. The highest BCUT2D eigenvalue weighted by Gasteiger charge is 2.15. The number of hydrogen-bond donors (Lipinski definition) is 0. The fraction of sp³-hybridized carbons (Fsp3) is 0.0769. The first-order valence-electron chi connectivity index (χ1n) is 5.38. The smallest absolute Gasteiger partial charge is 0.287 e. The van der Waals surface area contributed by atoms with Crippen LogP contribution in [0.5, 0.6) is 5.75 Å². The van der Waals surface area contributed by atoms with Crippen molar-refractivity contribution in [2.45, 2.75) is 6.61 Å². The highest BCUT2D eigenvalue weighted by atomic mass is 79.9. The molecule has 98 valence electrons. The van der Waals surface area contributed by atoms with Crippen LogP contribution in [0.15, 0.2) is 51.4 Å². The van der Waals surface area contributed by atoms with Crippen molar-refractivity contribution in [2.24, 2.45) is 0 Å². The Balaban J connectivity index is 2.19. The number of benzene rings is 2. The zero-order valence-corrected chi connectivity index (χ0v) is 12.8. The summed E-state index contributed by atoms with van der Waals surface area (Å²) < 4.78 is 6.91. The van der Waals surface area contributed by atoms with Crippen LogP contribution in [0.2, 0.25) is 0 Å². The highest BCUT2D eigenvalue weighted by Crippen LogP contribution is 2.34. The van der Waals surface area contributed by atoms with Crippen LogP contribution in [0.4, 0.5) is 5.69 Å². The molecule has 0 heterocycles. The third kappa shape index (κ3) is 3.33. The maximum atomic E-state index is 10.8. The second-order valence-electron chi connectivity index (χ2n) is 3.73. The van der Waals surface area contributed by atoms with Gasteiger partial charge in [-0.2, -0.15) is 0 Å². The summed E-state index contributed by atoms with van der Waals surface area (Å²) in [5.74, 6) is 0.449. The highest BCUT2D eigenvalue weighted by molar-refractivity contribution is 9.11. The molecule has 2 rings (SSSR count). The average Bonchev–Trinajstić information content (AvgIpc) is 2.39. The number of nitrogens with zero attached hydrogens (tertiary/aromatic N) is 1. The lowest BCUT2D eigenvalue weighted by Gasteiger charge is -2.09. The van der Waals surface area contributed by atoms with Crippen molar-refractivity contribution < 1.29 is 9.66 Å². The van der Waals surface area contributed by atoms with Crippen molar-refractivity contribution in [1.82, 2.24) is 0 Å². The van der Waals surface area contributed by atoms with Crippen molar-refractivity contribution >= 4 is 37.5 Å². The van der Waals surface area contributed by atoms with Crippen LogP contribution in [0, 0.1) is 10.1 Å². The molecule has 0 atom stereocenters. The molecule has 0 unspecified atom stereocenters. The summed E-state index contributed by atoms with van der Waals surface area (Å²) in [6, 6.07) is 12.4. The zero-order chi connectivity index (χ0) is 13.8. The number of hydrogen-bond acceptors (Lipinski definition) is 3. The normalized spacial score (nSPS) is 10.2. The molecule has 0 bridgehead atoms. The standard InChI is InChI=1S/C13H9Br2NO3/c14-10-5-2-1-4-9(10)8-19-12-7-3-6-11(13(12)15)16(17)18/h1-7H,8H2. The molecule has 0 saturated heterocycles. The summed E-state index contributed by atoms with van der Waals surface area (Å²) >= 11 is 6.62. The molecular weight excluding hydrogens is 378 g/mol. The molecule has 4 nitrogen and oxygen atoms in total. The minimum Gasteiger partial charge on any atom is -0.487 e. The first-order valence-corrected chi connectivity index (χ1v) is 6.97. The monoisotopic (exact) mass is 385 g/mol. The van der Waals surface area contributed by atoms with Gasteiger partial charge in [0.05, 0.1) is 4.92 Å². The molecule has 19 heavy (non-hydrogen) atoms. The van der Waals surface area contributed by atoms with E-state index in [1.165, 1.54) is 6.07 Å². The van der Waals surface area contributed by atoms with Crippen molar-refractivity contribution in [3.05, 3.63) is 67.1 Å². The van der Waals surface area contributed by atoms with Gasteiger partial charge in [-0.15, -0.1) is 0 Å². The van der Waals surface area contributed by atoms with Gasteiger partial charge < -0.3 is 4.74 Å². The minimum atomic E-state index is -0.449. The summed E-state index contributed by atoms with van der Waals surface area (Å²) in [4.78, 5) is 10.4. The Bertz CT molecular complexity index is 617. The minimum absolute atomic E-state index is 0.00960. The Kier molecular flexibility index (Phi) is 4.55. The van der Waals surface area contributed by atoms with E-state index in [0.29, 0.717) is 16.8 Å². The molecule has 0 amide bonds. The fourth-order valence-corrected chi connectivity index (χ4v) is 2.45. The number of halogens is 2. The van der Waals surface area contributed by atoms with Gasteiger partial charge in [0.25, 0.3) is 5.69 Å². The van der Waals surface area contributed by atoms with Gasteiger partial charge in [0.2, 0.25) is 0 Å². The first-order chi connectivity index (χ1) is 9.09. The van der Waals surface area contributed by atoms with Crippen molar-refractivity contribution in [3.63, 3.8) is 0 Å². The fourth-order valence-electron chi connectivity index (χ4n) is 1.52. The van der Waals surface area contributed by atoms with Gasteiger partial charge in [0, 0.05) is 16.1 Å². The molecule has 2 aromatic rings. The topological polar surface area (TPSA) is 52.4 Å². The molecular formula is C13H9Br2NO3. The van der Waals surface area contributed by atoms with E-state index in [0.717, 1.165) is 10.0 Å². The van der Waals surface area contributed by atoms with Crippen molar-refractivity contribution in [2.75, 3.05) is 0 Å². The van der Waals surface area contributed by atoms with Crippen LogP contribution >= 0.6 is 31.9 Å². The third-order valence-corrected chi connectivity index (χ3v) is 4.05. The van der Waals surface area contributed by atoms with Gasteiger partial charge in [0.15, 0.2) is 0 Å². The molecule has 0 aliphatic heterocycles. The quantitative estimate of drug-likeness (QED) is 0.565. The zero-order valence-electron chi connectivity index (χ0n) is 9.68. The molecule has 6 heteroatoms. The third-order valence-electron chi connectivity index (χ3n) is 2.48. The Morgan fingerprint density at radius 1 is 1.11 bits per heavy atom. The second kappa shape index (κ2) is 6.16. The summed E-state index contributed by atoms with van der Waals surface area (Å²) in [7, 11) is 0. The summed E-state index contributed by atoms with van der Waals surface area (Å²) in [6.07, 6.45) is 0. The molecule has 0 N–H and O–H groups in total. The van der Waals surface area contributed by atoms with E-state index in [1.807, 2.05) is 24.3 Å². The van der Waals surface area contributed by atoms with E-state index < -0.39 is 4.92 Å². The lowest BCUT2D eigenvalue weighted by atomic mass is 10.2. The molecule has 0 radical (unpaired) electrons. The average molecular weight is 387 g/mol.